The Morgan fingerprint density at radius 3 is 2.84 bits per heavy atom. The predicted octanol–water partition coefficient (Wildman–Crippen LogP) is 4.66. The van der Waals surface area contributed by atoms with Crippen LogP contribution in [-0.4, -0.2) is 4.98 Å². The molecule has 1 aromatic carbocycles. The molecule has 1 aromatic heterocycles. The van der Waals surface area contributed by atoms with Gasteiger partial charge in [0.1, 0.15) is 16.2 Å². The summed E-state index contributed by atoms with van der Waals surface area (Å²) in [6.45, 7) is 0. The number of aromatic nitrogens is 1. The van der Waals surface area contributed by atoms with Gasteiger partial charge in [-0.1, -0.05) is 15.9 Å². The van der Waals surface area contributed by atoms with E-state index in [-0.39, 0.29) is 5.82 Å². The van der Waals surface area contributed by atoms with Crippen LogP contribution in [0.3, 0.4) is 0 Å². The Morgan fingerprint density at radius 2 is 2.21 bits per heavy atom. The number of hydrogen-bond acceptors (Lipinski definition) is 3. The molecule has 1 fully saturated rings. The molecule has 0 saturated heterocycles. The molecule has 1 aliphatic carbocycles. The summed E-state index contributed by atoms with van der Waals surface area (Å²) in [5.41, 5.74) is 0.662. The average Bonchev–Trinajstić information content (AvgIpc) is 2.81. The van der Waals surface area contributed by atoms with Gasteiger partial charge >= 0.3 is 0 Å². The van der Waals surface area contributed by atoms with E-state index >= 15 is 0 Å². The van der Waals surface area contributed by atoms with Crippen LogP contribution in [0, 0.1) is 17.1 Å². The van der Waals surface area contributed by atoms with Gasteiger partial charge in [-0.15, -0.1) is 11.3 Å². The van der Waals surface area contributed by atoms with Gasteiger partial charge in [-0.25, -0.2) is 9.37 Å². The molecular formula is C14H10BrFN2S. The molecule has 3 rings (SSSR count). The Hall–Kier alpha value is -1.25. The van der Waals surface area contributed by atoms with Gasteiger partial charge in [0.25, 0.3) is 0 Å². The van der Waals surface area contributed by atoms with Gasteiger partial charge in [0.15, 0.2) is 0 Å². The number of nitrogens with zero attached hydrogens (tertiary/aromatic N) is 2. The van der Waals surface area contributed by atoms with Crippen LogP contribution in [0.25, 0.3) is 11.3 Å². The molecule has 1 saturated carbocycles. The van der Waals surface area contributed by atoms with Crippen LogP contribution in [-0.2, 0) is 5.41 Å². The summed E-state index contributed by atoms with van der Waals surface area (Å²) in [4.78, 5) is 4.48. The third-order valence-electron chi connectivity index (χ3n) is 3.54. The third kappa shape index (κ3) is 2.09. The molecule has 0 unspecified atom stereocenters. The Balaban J connectivity index is 2.02. The molecule has 0 amide bonds. The summed E-state index contributed by atoms with van der Waals surface area (Å²) >= 11 is 4.79. The van der Waals surface area contributed by atoms with Crippen molar-refractivity contribution >= 4 is 27.3 Å². The molecule has 0 spiro atoms. The van der Waals surface area contributed by atoms with E-state index in [0.717, 1.165) is 28.7 Å². The number of nitriles is 1. The maximum atomic E-state index is 13.8. The highest BCUT2D eigenvalue weighted by Crippen LogP contribution is 2.45. The van der Waals surface area contributed by atoms with Gasteiger partial charge in [-0.2, -0.15) is 5.26 Å². The van der Waals surface area contributed by atoms with Crippen LogP contribution in [0.1, 0.15) is 24.3 Å². The number of halogens is 2. The summed E-state index contributed by atoms with van der Waals surface area (Å²) < 4.78 is 14.6. The van der Waals surface area contributed by atoms with Crippen molar-refractivity contribution in [1.82, 2.24) is 4.98 Å². The van der Waals surface area contributed by atoms with Crippen molar-refractivity contribution in [2.75, 3.05) is 0 Å². The zero-order chi connectivity index (χ0) is 13.5. The lowest BCUT2D eigenvalue weighted by Gasteiger charge is -2.32. The highest BCUT2D eigenvalue weighted by molar-refractivity contribution is 9.10. The molecule has 1 heterocycles. The number of benzene rings is 1. The minimum absolute atomic E-state index is 0.292. The van der Waals surface area contributed by atoms with Gasteiger partial charge in [-0.05, 0) is 37.5 Å². The molecular weight excluding hydrogens is 327 g/mol. The van der Waals surface area contributed by atoms with E-state index in [2.05, 4.69) is 27.0 Å². The van der Waals surface area contributed by atoms with E-state index in [0.29, 0.717) is 11.3 Å². The maximum absolute atomic E-state index is 13.8. The molecule has 2 aromatic rings. The van der Waals surface area contributed by atoms with Crippen molar-refractivity contribution < 1.29 is 4.39 Å². The molecule has 19 heavy (non-hydrogen) atoms. The predicted molar refractivity (Wildman–Crippen MR) is 76.4 cm³/mol. The van der Waals surface area contributed by atoms with Gasteiger partial charge in [-0.3, -0.25) is 0 Å². The van der Waals surface area contributed by atoms with Crippen molar-refractivity contribution in [2.24, 2.45) is 0 Å². The summed E-state index contributed by atoms with van der Waals surface area (Å²) in [7, 11) is 0. The highest BCUT2D eigenvalue weighted by atomic mass is 79.9. The Kier molecular flexibility index (Phi) is 3.15. The largest absolute Gasteiger partial charge is 0.239 e. The second-order valence-corrected chi connectivity index (χ2v) is 6.48. The first-order chi connectivity index (χ1) is 9.14. The lowest BCUT2D eigenvalue weighted by atomic mass is 9.70. The maximum Gasteiger partial charge on any atom is 0.132 e. The molecule has 0 radical (unpaired) electrons. The third-order valence-corrected chi connectivity index (χ3v) is 5.08. The smallest absolute Gasteiger partial charge is 0.132 e. The highest BCUT2D eigenvalue weighted by Gasteiger charge is 2.41. The summed E-state index contributed by atoms with van der Waals surface area (Å²) in [5, 5.41) is 11.9. The van der Waals surface area contributed by atoms with Crippen molar-refractivity contribution in [2.45, 2.75) is 24.7 Å². The fourth-order valence-electron chi connectivity index (χ4n) is 2.21. The monoisotopic (exact) mass is 336 g/mol. The zero-order valence-corrected chi connectivity index (χ0v) is 12.4. The fraction of sp³-hybridized carbons (Fsp3) is 0.286. The summed E-state index contributed by atoms with van der Waals surface area (Å²) in [6, 6.07) is 7.16. The van der Waals surface area contributed by atoms with Gasteiger partial charge in [0, 0.05) is 15.4 Å². The average molecular weight is 337 g/mol. The van der Waals surface area contributed by atoms with Crippen LogP contribution >= 0.6 is 27.3 Å². The minimum Gasteiger partial charge on any atom is -0.239 e. The summed E-state index contributed by atoms with van der Waals surface area (Å²) in [6.07, 6.45) is 2.78. The van der Waals surface area contributed by atoms with Gasteiger partial charge in [0.05, 0.1) is 11.8 Å². The van der Waals surface area contributed by atoms with Crippen LogP contribution < -0.4 is 0 Å². The van der Waals surface area contributed by atoms with Crippen LogP contribution in [0.5, 0.6) is 0 Å². The van der Waals surface area contributed by atoms with E-state index in [9.17, 15) is 9.65 Å². The fourth-order valence-corrected chi connectivity index (χ4v) is 3.61. The Bertz CT molecular complexity index is 670. The molecule has 5 heteroatoms. The van der Waals surface area contributed by atoms with E-state index in [1.807, 2.05) is 5.38 Å². The topological polar surface area (TPSA) is 36.7 Å². The molecule has 0 bridgehead atoms. The molecule has 2 nitrogen and oxygen atoms in total. The van der Waals surface area contributed by atoms with E-state index in [4.69, 9.17) is 0 Å². The quantitative estimate of drug-likeness (QED) is 0.799. The number of hydrogen-bond donors (Lipinski definition) is 0. The van der Waals surface area contributed by atoms with Gasteiger partial charge < -0.3 is 0 Å². The lowest BCUT2D eigenvalue weighted by Crippen LogP contribution is -2.32. The first kappa shape index (κ1) is 12.8. The van der Waals surface area contributed by atoms with Crippen molar-refractivity contribution in [3.63, 3.8) is 0 Å². The Morgan fingerprint density at radius 1 is 1.42 bits per heavy atom. The molecule has 0 N–H and O–H groups in total. The molecule has 1 aliphatic rings. The first-order valence-corrected chi connectivity index (χ1v) is 7.65. The number of thiazole rings is 1. The van der Waals surface area contributed by atoms with Crippen molar-refractivity contribution in [3.05, 3.63) is 38.9 Å². The SMILES string of the molecule is N#CC1(c2nc(-c3cc(Br)ccc3F)cs2)CCC1. The lowest BCUT2D eigenvalue weighted by molar-refractivity contribution is 0.323. The first-order valence-electron chi connectivity index (χ1n) is 5.97. The van der Waals surface area contributed by atoms with E-state index < -0.39 is 5.41 Å². The van der Waals surface area contributed by atoms with E-state index in [1.165, 1.54) is 17.4 Å². The molecule has 0 aliphatic heterocycles. The number of rotatable bonds is 2. The molecule has 0 atom stereocenters. The zero-order valence-electron chi connectivity index (χ0n) is 9.99. The van der Waals surface area contributed by atoms with E-state index in [1.54, 1.807) is 12.1 Å². The van der Waals surface area contributed by atoms with Gasteiger partial charge in [0.2, 0.25) is 0 Å². The second kappa shape index (κ2) is 4.69. The minimum atomic E-state index is -0.425. The normalized spacial score (nSPS) is 16.7. The van der Waals surface area contributed by atoms with Crippen molar-refractivity contribution in [3.8, 4) is 17.3 Å². The van der Waals surface area contributed by atoms with Crippen LogP contribution in [0.15, 0.2) is 28.1 Å². The standard InChI is InChI=1S/C14H10BrFN2S/c15-9-2-3-11(16)10(6-9)12-7-19-13(18-12)14(8-17)4-1-5-14/h2-3,6-7H,1,4-5H2. The second-order valence-electron chi connectivity index (χ2n) is 4.71. The Labute approximate surface area is 123 Å². The van der Waals surface area contributed by atoms with Crippen LogP contribution in [0.4, 0.5) is 4.39 Å². The van der Waals surface area contributed by atoms with Crippen LogP contribution in [0.2, 0.25) is 0 Å². The van der Waals surface area contributed by atoms with Crippen molar-refractivity contribution in [1.29, 1.82) is 5.26 Å². The summed E-state index contributed by atoms with van der Waals surface area (Å²) in [5.74, 6) is -0.292. The molecule has 96 valence electrons.